The van der Waals surface area contributed by atoms with Crippen LogP contribution in [0.1, 0.15) is 61.2 Å². The van der Waals surface area contributed by atoms with Gasteiger partial charge in [0, 0.05) is 21.5 Å². The molecule has 12 aromatic rings. The predicted molar refractivity (Wildman–Crippen MR) is 315 cm³/mol. The predicted octanol–water partition coefficient (Wildman–Crippen LogP) is 20.6. The average molecular weight is 1060 g/mol. The van der Waals surface area contributed by atoms with Crippen molar-refractivity contribution in [2.75, 3.05) is 0 Å². The van der Waals surface area contributed by atoms with Gasteiger partial charge in [-0.3, -0.25) is 0 Å². The molecule has 80 heavy (non-hydrogen) atoms. The number of hydrogen-bond acceptors (Lipinski definition) is 1. The Kier molecular flexibility index (Phi) is 12.3. The zero-order chi connectivity index (χ0) is 56.3. The van der Waals surface area contributed by atoms with Crippen molar-refractivity contribution in [3.05, 3.63) is 237 Å². The van der Waals surface area contributed by atoms with Crippen molar-refractivity contribution in [3.8, 4) is 73.1 Å². The Balaban J connectivity index is 1.22. The van der Waals surface area contributed by atoms with E-state index in [1.807, 2.05) is 85.4 Å². The fraction of sp³-hybridized carbons (Fsp3) is 0.141. The van der Waals surface area contributed by atoms with Crippen LogP contribution >= 0.6 is 0 Å². The largest absolute Gasteiger partial charge is 0.417 e. The molecule has 0 unspecified atom stereocenters. The Bertz CT molecular complexity index is 4150. The number of nitrogens with zero attached hydrogens (tertiary/aromatic N) is 3. The number of nitriles is 1. The molecule has 0 aliphatic heterocycles. The molecule has 394 valence electrons. The van der Waals surface area contributed by atoms with Gasteiger partial charge in [0.2, 0.25) is 0 Å². The van der Waals surface area contributed by atoms with Crippen LogP contribution in [0.25, 0.3) is 111 Å². The van der Waals surface area contributed by atoms with Crippen LogP contribution in [0.3, 0.4) is 0 Å². The topological polar surface area (TPSA) is 33.6 Å². The minimum Gasteiger partial charge on any atom is -0.308 e. The normalized spacial score (nSPS) is 12.1. The quantitative estimate of drug-likeness (QED) is 0.146. The van der Waals surface area contributed by atoms with Crippen molar-refractivity contribution in [1.29, 1.82) is 5.26 Å². The summed E-state index contributed by atoms with van der Waals surface area (Å²) in [7, 11) is 0. The molecule has 9 heteroatoms. The molecule has 12 rings (SSSR count). The highest BCUT2D eigenvalue weighted by Crippen LogP contribution is 2.47. The van der Waals surface area contributed by atoms with Crippen molar-refractivity contribution >= 4 is 43.6 Å². The highest BCUT2D eigenvalue weighted by atomic mass is 19.4. The number of fused-ring (bicyclic) bond motifs is 6. The number of benzene rings is 10. The Morgan fingerprint density at radius 3 is 0.912 bits per heavy atom. The number of hydrogen-bond donors (Lipinski definition) is 0. The van der Waals surface area contributed by atoms with E-state index in [0.29, 0.717) is 28.1 Å². The summed E-state index contributed by atoms with van der Waals surface area (Å²) in [5, 5.41) is 15.2. The fourth-order valence-corrected chi connectivity index (χ4v) is 12.2. The summed E-state index contributed by atoms with van der Waals surface area (Å²) in [6.07, 6.45) is -10.3. The average Bonchev–Trinajstić information content (AvgIpc) is 3.91. The van der Waals surface area contributed by atoms with E-state index in [4.69, 9.17) is 0 Å². The Labute approximate surface area is 460 Å². The lowest BCUT2D eigenvalue weighted by molar-refractivity contribution is -0.142. The highest BCUT2D eigenvalue weighted by molar-refractivity contribution is 6.14. The van der Waals surface area contributed by atoms with Crippen molar-refractivity contribution in [2.45, 2.75) is 67.7 Å². The van der Waals surface area contributed by atoms with Gasteiger partial charge in [-0.05, 0) is 206 Å². The van der Waals surface area contributed by atoms with Gasteiger partial charge in [0.05, 0.1) is 44.6 Å². The van der Waals surface area contributed by atoms with Gasteiger partial charge in [-0.2, -0.15) is 31.6 Å². The van der Waals surface area contributed by atoms with E-state index in [0.717, 1.165) is 117 Å². The smallest absolute Gasteiger partial charge is 0.308 e. The molecule has 2 aromatic heterocycles. The molecule has 3 nitrogen and oxygen atoms in total. The third-order valence-corrected chi connectivity index (χ3v) is 16.0. The minimum absolute atomic E-state index is 0.0300. The molecule has 0 aliphatic carbocycles. The summed E-state index contributed by atoms with van der Waals surface area (Å²) in [6, 6.07) is 57.1. The minimum atomic E-state index is -5.20. The molecule has 0 amide bonds. The van der Waals surface area contributed by atoms with Crippen LogP contribution in [0.5, 0.6) is 0 Å². The fourth-order valence-electron chi connectivity index (χ4n) is 12.2. The van der Waals surface area contributed by atoms with Crippen LogP contribution in [-0.4, -0.2) is 9.13 Å². The molecule has 0 bridgehead atoms. The van der Waals surface area contributed by atoms with Gasteiger partial charge >= 0.3 is 12.4 Å². The number of rotatable bonds is 7. The van der Waals surface area contributed by atoms with Crippen LogP contribution in [-0.2, 0) is 12.4 Å². The number of aryl methyl sites for hydroxylation is 8. The summed E-state index contributed by atoms with van der Waals surface area (Å²) >= 11 is 0. The third-order valence-electron chi connectivity index (χ3n) is 16.0. The molecule has 10 aromatic carbocycles. The lowest BCUT2D eigenvalue weighted by atomic mass is 9.94. The van der Waals surface area contributed by atoms with Crippen molar-refractivity contribution in [1.82, 2.24) is 9.13 Å². The molecule has 0 atom stereocenters. The van der Waals surface area contributed by atoms with E-state index in [1.165, 1.54) is 12.1 Å². The van der Waals surface area contributed by atoms with Gasteiger partial charge < -0.3 is 9.13 Å². The van der Waals surface area contributed by atoms with Gasteiger partial charge in [0.15, 0.2) is 0 Å². The van der Waals surface area contributed by atoms with Crippen LogP contribution < -0.4 is 0 Å². The molecule has 0 radical (unpaired) electrons. The molecular weight excluding hydrogens is 1010 g/mol. The van der Waals surface area contributed by atoms with Crippen LogP contribution in [0.15, 0.2) is 176 Å². The number of halogens is 6. The first-order chi connectivity index (χ1) is 38.1. The van der Waals surface area contributed by atoms with Crippen LogP contribution in [0, 0.1) is 66.7 Å². The zero-order valence-corrected chi connectivity index (χ0v) is 45.4. The van der Waals surface area contributed by atoms with Gasteiger partial charge in [0.1, 0.15) is 11.6 Å². The monoisotopic (exact) mass is 1060 g/mol. The molecule has 2 heterocycles. The van der Waals surface area contributed by atoms with E-state index in [1.54, 1.807) is 0 Å². The second-order valence-electron chi connectivity index (χ2n) is 21.6. The Morgan fingerprint density at radius 1 is 0.325 bits per heavy atom. The zero-order valence-electron chi connectivity index (χ0n) is 45.4. The molecule has 0 spiro atoms. The second-order valence-corrected chi connectivity index (χ2v) is 21.6. The Hall–Kier alpha value is -9.13. The van der Waals surface area contributed by atoms with Gasteiger partial charge in [-0.1, -0.05) is 125 Å². The highest BCUT2D eigenvalue weighted by Gasteiger charge is 2.39. The van der Waals surface area contributed by atoms with Crippen LogP contribution in [0.4, 0.5) is 26.3 Å². The van der Waals surface area contributed by atoms with Gasteiger partial charge in [-0.25, -0.2) is 0 Å². The first-order valence-corrected chi connectivity index (χ1v) is 26.5. The van der Waals surface area contributed by atoms with E-state index in [9.17, 15) is 18.4 Å². The van der Waals surface area contributed by atoms with Crippen molar-refractivity contribution in [2.24, 2.45) is 0 Å². The summed E-state index contributed by atoms with van der Waals surface area (Å²) in [5.74, 6) is 0. The molecule has 0 aliphatic rings. The molecular formula is C71H53F6N3. The van der Waals surface area contributed by atoms with Crippen molar-refractivity contribution < 1.29 is 26.3 Å². The molecule has 0 saturated carbocycles. The summed E-state index contributed by atoms with van der Waals surface area (Å²) in [5.41, 5.74) is 16.7. The van der Waals surface area contributed by atoms with E-state index < -0.39 is 29.0 Å². The maximum Gasteiger partial charge on any atom is 0.417 e. The number of alkyl halides is 6. The lowest BCUT2D eigenvalue weighted by Crippen LogP contribution is -2.12. The van der Waals surface area contributed by atoms with Crippen molar-refractivity contribution in [3.63, 3.8) is 0 Å². The maximum atomic E-state index is 15.5. The van der Waals surface area contributed by atoms with Gasteiger partial charge in [-0.15, -0.1) is 0 Å². The van der Waals surface area contributed by atoms with Crippen LogP contribution in [0.2, 0.25) is 0 Å². The summed E-state index contributed by atoms with van der Waals surface area (Å²) in [4.78, 5) is 0. The SMILES string of the molecule is Cc1ccc(-c2ccc3c(c2)c2cc(-c4ccc(C)cc4C)ccc2n3-c2cc(-c3ccc(C(F)(F)F)cc3C(F)(F)F)cc(-n3c4ccc(-c5ccc(C)cc5C)cc4c4cc(-c5ccc(C)cc5C)ccc43)c2C#N)c(C)c1. The molecule has 0 fully saturated rings. The van der Waals surface area contributed by atoms with E-state index in [2.05, 4.69) is 131 Å². The van der Waals surface area contributed by atoms with Gasteiger partial charge in [0.25, 0.3) is 0 Å². The van der Waals surface area contributed by atoms with E-state index >= 15 is 13.2 Å². The summed E-state index contributed by atoms with van der Waals surface area (Å²) < 4.78 is 93.5. The second kappa shape index (κ2) is 19.1. The third kappa shape index (κ3) is 8.80. The summed E-state index contributed by atoms with van der Waals surface area (Å²) in [6.45, 7) is 16.5. The first-order valence-electron chi connectivity index (χ1n) is 26.5. The molecule has 0 N–H and O–H groups in total. The number of aromatic nitrogens is 2. The first kappa shape index (κ1) is 51.6. The standard InChI is InChI=1S/C71H53F6N3/c1-39-9-18-53(43(5)27-39)47-13-23-64-58(31-47)59-32-48(54-19-10-40(2)28-44(54)6)14-24-65(59)79(64)68-35-51(57-22-17-52(70(72,73)74)37-63(57)71(75,76)77)36-69(62(68)38-78)80-66-25-15-49(55-20-11-41(3)29-45(55)7)33-60(66)61-34-50(16-26-67(61)80)56-21-12-42(4)30-46(56)8/h9-37H,1-8H3. The Morgan fingerprint density at radius 2 is 0.637 bits per heavy atom. The maximum absolute atomic E-state index is 15.5. The lowest BCUT2D eigenvalue weighted by Gasteiger charge is -2.21. The van der Waals surface area contributed by atoms with E-state index in [-0.39, 0.29) is 28.6 Å². The molecule has 0 saturated heterocycles.